The lowest BCUT2D eigenvalue weighted by molar-refractivity contribution is -0.117. The number of carbonyl (C=O) groups is 2. The van der Waals surface area contributed by atoms with Gasteiger partial charge in [-0.1, -0.05) is 31.2 Å². The number of amides is 1. The molecular formula is C22H18N2O3S. The molecule has 140 valence electrons. The fourth-order valence-electron chi connectivity index (χ4n) is 3.39. The predicted octanol–water partition coefficient (Wildman–Crippen LogP) is 4.49. The molecule has 6 heteroatoms. The summed E-state index contributed by atoms with van der Waals surface area (Å²) in [6.07, 6.45) is 4.13. The minimum absolute atomic E-state index is 0.0834. The number of aliphatic hydroxyl groups is 1. The summed E-state index contributed by atoms with van der Waals surface area (Å²) >= 11 is 1.28. The van der Waals surface area contributed by atoms with Crippen LogP contribution in [0.4, 0.5) is 5.69 Å². The first-order valence-corrected chi connectivity index (χ1v) is 9.83. The summed E-state index contributed by atoms with van der Waals surface area (Å²) in [4.78, 5) is 32.2. The fraction of sp³-hybridized carbons (Fsp3) is 0.136. The Hall–Kier alpha value is -3.25. The lowest BCUT2D eigenvalue weighted by atomic mass is 9.96. The summed E-state index contributed by atoms with van der Waals surface area (Å²) < 4.78 is 0. The van der Waals surface area contributed by atoms with Crippen molar-refractivity contribution in [1.29, 1.82) is 0 Å². The molecule has 1 N–H and O–H groups in total. The number of aromatic nitrogens is 1. The lowest BCUT2D eigenvalue weighted by Gasteiger charge is -2.26. The van der Waals surface area contributed by atoms with Crippen LogP contribution < -0.4 is 4.90 Å². The number of hydrogen-bond donors (Lipinski definition) is 1. The van der Waals surface area contributed by atoms with E-state index in [9.17, 15) is 14.7 Å². The Morgan fingerprint density at radius 2 is 1.96 bits per heavy atom. The Balaban J connectivity index is 1.85. The fourth-order valence-corrected chi connectivity index (χ4v) is 4.07. The van der Waals surface area contributed by atoms with Crippen LogP contribution in [0, 0.1) is 0 Å². The second-order valence-electron chi connectivity index (χ2n) is 6.45. The van der Waals surface area contributed by atoms with Gasteiger partial charge in [0, 0.05) is 18.1 Å². The van der Waals surface area contributed by atoms with E-state index in [1.807, 2.05) is 24.3 Å². The number of hydrogen-bond acceptors (Lipinski definition) is 5. The average Bonchev–Trinajstić information content (AvgIpc) is 3.36. The molecule has 0 fully saturated rings. The molecule has 0 spiro atoms. The Morgan fingerprint density at radius 1 is 1.18 bits per heavy atom. The molecule has 28 heavy (non-hydrogen) atoms. The van der Waals surface area contributed by atoms with Crippen molar-refractivity contribution in [3.8, 4) is 0 Å². The van der Waals surface area contributed by atoms with E-state index in [0.717, 1.165) is 12.0 Å². The van der Waals surface area contributed by atoms with Crippen molar-refractivity contribution in [3.05, 3.63) is 93.6 Å². The zero-order valence-corrected chi connectivity index (χ0v) is 16.0. The molecule has 0 bridgehead atoms. The first kappa shape index (κ1) is 18.1. The van der Waals surface area contributed by atoms with Gasteiger partial charge in [0.15, 0.2) is 5.76 Å². The number of pyridine rings is 1. The number of nitrogens with zero attached hydrogens (tertiary/aromatic N) is 2. The maximum absolute atomic E-state index is 13.1. The van der Waals surface area contributed by atoms with Crippen molar-refractivity contribution in [1.82, 2.24) is 4.98 Å². The lowest BCUT2D eigenvalue weighted by Crippen LogP contribution is -2.31. The first-order valence-electron chi connectivity index (χ1n) is 8.95. The second kappa shape index (κ2) is 7.40. The Bertz CT molecular complexity index is 1040. The number of rotatable bonds is 5. The van der Waals surface area contributed by atoms with E-state index in [4.69, 9.17) is 0 Å². The van der Waals surface area contributed by atoms with Crippen molar-refractivity contribution in [2.75, 3.05) is 4.90 Å². The molecule has 0 saturated heterocycles. The summed E-state index contributed by atoms with van der Waals surface area (Å²) in [7, 11) is 0. The molecule has 1 aliphatic rings. The van der Waals surface area contributed by atoms with Crippen LogP contribution in [-0.4, -0.2) is 21.8 Å². The number of anilines is 1. The van der Waals surface area contributed by atoms with Crippen molar-refractivity contribution in [2.24, 2.45) is 0 Å². The van der Waals surface area contributed by atoms with Crippen molar-refractivity contribution < 1.29 is 14.7 Å². The van der Waals surface area contributed by atoms with Gasteiger partial charge in [-0.15, -0.1) is 11.3 Å². The minimum Gasteiger partial charge on any atom is -0.503 e. The Kier molecular flexibility index (Phi) is 4.79. The van der Waals surface area contributed by atoms with Crippen LogP contribution in [0.5, 0.6) is 0 Å². The van der Waals surface area contributed by atoms with E-state index in [-0.39, 0.29) is 11.4 Å². The molecule has 4 rings (SSSR count). The van der Waals surface area contributed by atoms with Gasteiger partial charge in [-0.3, -0.25) is 19.5 Å². The molecule has 3 aromatic rings. The van der Waals surface area contributed by atoms with E-state index < -0.39 is 17.7 Å². The summed E-state index contributed by atoms with van der Waals surface area (Å²) in [5.41, 5.74) is 2.51. The zero-order valence-electron chi connectivity index (χ0n) is 15.2. The second-order valence-corrected chi connectivity index (χ2v) is 7.40. The molecule has 5 nitrogen and oxygen atoms in total. The highest BCUT2D eigenvalue weighted by atomic mass is 32.1. The van der Waals surface area contributed by atoms with Crippen LogP contribution in [0.2, 0.25) is 0 Å². The first-order chi connectivity index (χ1) is 13.6. The average molecular weight is 390 g/mol. The highest BCUT2D eigenvalue weighted by Gasteiger charge is 2.44. The van der Waals surface area contributed by atoms with Crippen molar-refractivity contribution >= 4 is 28.7 Å². The van der Waals surface area contributed by atoms with Gasteiger partial charge in [0.25, 0.3) is 5.91 Å². The van der Waals surface area contributed by atoms with Gasteiger partial charge in [0.1, 0.15) is 0 Å². The van der Waals surface area contributed by atoms with Crippen molar-refractivity contribution in [2.45, 2.75) is 19.4 Å². The highest BCUT2D eigenvalue weighted by molar-refractivity contribution is 7.12. The molecule has 1 amide bonds. The van der Waals surface area contributed by atoms with Gasteiger partial charge in [-0.05, 0) is 47.2 Å². The molecule has 2 aromatic heterocycles. The number of thiophene rings is 1. The monoisotopic (exact) mass is 390 g/mol. The molecule has 1 unspecified atom stereocenters. The third kappa shape index (κ3) is 3.01. The molecule has 1 aromatic carbocycles. The number of Topliss-reactive ketones (excluding diaryl/α,β-unsaturated/α-hetero) is 1. The number of carbonyl (C=O) groups excluding carboxylic acids is 2. The van der Waals surface area contributed by atoms with Crippen molar-refractivity contribution in [3.63, 3.8) is 0 Å². The van der Waals surface area contributed by atoms with E-state index in [0.29, 0.717) is 16.1 Å². The van der Waals surface area contributed by atoms with Crippen LogP contribution in [0.25, 0.3) is 0 Å². The van der Waals surface area contributed by atoms with Gasteiger partial charge < -0.3 is 5.11 Å². The summed E-state index contributed by atoms with van der Waals surface area (Å²) in [5, 5.41) is 12.4. The third-order valence-corrected chi connectivity index (χ3v) is 5.69. The van der Waals surface area contributed by atoms with Crippen LogP contribution >= 0.6 is 11.3 Å². The molecule has 3 heterocycles. The van der Waals surface area contributed by atoms with E-state index >= 15 is 0 Å². The van der Waals surface area contributed by atoms with E-state index in [1.54, 1.807) is 42.0 Å². The van der Waals surface area contributed by atoms with Crippen LogP contribution in [0.1, 0.15) is 33.8 Å². The van der Waals surface area contributed by atoms with E-state index in [1.165, 1.54) is 16.2 Å². The standard InChI is InChI=1S/C22H18N2O3S/c1-2-14-7-9-16(10-8-14)24-19(15-5-3-11-23-13-15)18(21(26)22(24)27)20(25)17-6-4-12-28-17/h3-13,19,26H,2H2,1H3. The normalized spacial score (nSPS) is 16.7. The zero-order chi connectivity index (χ0) is 19.7. The van der Waals surface area contributed by atoms with Gasteiger partial charge in [0.05, 0.1) is 16.5 Å². The highest BCUT2D eigenvalue weighted by Crippen LogP contribution is 2.42. The number of aliphatic hydroxyl groups excluding tert-OH is 1. The maximum Gasteiger partial charge on any atom is 0.294 e. The topological polar surface area (TPSA) is 70.5 Å². The molecular weight excluding hydrogens is 372 g/mol. The number of aryl methyl sites for hydroxylation is 1. The SMILES string of the molecule is CCc1ccc(N2C(=O)C(O)=C(C(=O)c3cccs3)C2c2cccnc2)cc1. The molecule has 1 aliphatic heterocycles. The molecule has 0 aliphatic carbocycles. The Labute approximate surface area is 166 Å². The van der Waals surface area contributed by atoms with E-state index in [2.05, 4.69) is 11.9 Å². The van der Waals surface area contributed by atoms with Crippen LogP contribution in [-0.2, 0) is 11.2 Å². The minimum atomic E-state index is -0.733. The maximum atomic E-state index is 13.1. The largest absolute Gasteiger partial charge is 0.503 e. The van der Waals surface area contributed by atoms with Gasteiger partial charge >= 0.3 is 0 Å². The molecule has 0 radical (unpaired) electrons. The van der Waals surface area contributed by atoms with Gasteiger partial charge in [-0.25, -0.2) is 0 Å². The molecule has 0 saturated carbocycles. The summed E-state index contributed by atoms with van der Waals surface area (Å²) in [5.74, 6) is -1.44. The van der Waals surface area contributed by atoms with Gasteiger partial charge in [-0.2, -0.15) is 0 Å². The summed E-state index contributed by atoms with van der Waals surface area (Å²) in [6.45, 7) is 2.06. The third-order valence-electron chi connectivity index (χ3n) is 4.82. The Morgan fingerprint density at radius 3 is 2.57 bits per heavy atom. The number of ketones is 1. The van der Waals surface area contributed by atoms with Gasteiger partial charge in [0.2, 0.25) is 5.78 Å². The van der Waals surface area contributed by atoms with Crippen LogP contribution in [0.3, 0.4) is 0 Å². The summed E-state index contributed by atoms with van der Waals surface area (Å²) in [6, 6.07) is 13.8. The molecule has 1 atom stereocenters. The number of benzene rings is 1. The predicted molar refractivity (Wildman–Crippen MR) is 109 cm³/mol. The smallest absolute Gasteiger partial charge is 0.294 e. The van der Waals surface area contributed by atoms with Crippen LogP contribution in [0.15, 0.2) is 77.6 Å². The quantitative estimate of drug-likeness (QED) is 0.652.